The quantitative estimate of drug-likeness (QED) is 0.789. The summed E-state index contributed by atoms with van der Waals surface area (Å²) in [5, 5.41) is 2.95. The van der Waals surface area contributed by atoms with Crippen molar-refractivity contribution in [1.82, 2.24) is 9.97 Å². The van der Waals surface area contributed by atoms with Crippen LogP contribution in [-0.2, 0) is 32.7 Å². The second-order valence-electron chi connectivity index (χ2n) is 2.35. The predicted molar refractivity (Wildman–Crippen MR) is 63.4 cm³/mol. The first-order valence-corrected chi connectivity index (χ1v) is 4.52. The smallest absolute Gasteiger partial charge is 0.200 e. The Hall–Kier alpha value is -0.406. The van der Waals surface area contributed by atoms with Gasteiger partial charge >= 0.3 is 0 Å². The maximum absolute atomic E-state index is 4.26. The van der Waals surface area contributed by atoms with Gasteiger partial charge in [0.25, 0.3) is 0 Å². The Labute approximate surface area is 117 Å². The van der Waals surface area contributed by atoms with Crippen molar-refractivity contribution in [2.45, 2.75) is 13.8 Å². The molecule has 0 atom stereocenters. The van der Waals surface area contributed by atoms with Gasteiger partial charge in [-0.15, -0.1) is 0 Å². The fourth-order valence-electron chi connectivity index (χ4n) is 1.07. The third-order valence-corrected chi connectivity index (χ3v) is 1.63. The van der Waals surface area contributed by atoms with Crippen LogP contribution in [0.3, 0.4) is 0 Å². The molecule has 1 aromatic carbocycles. The van der Waals surface area contributed by atoms with Crippen molar-refractivity contribution in [3.63, 3.8) is 0 Å². The van der Waals surface area contributed by atoms with Crippen LogP contribution in [0.1, 0.15) is 13.8 Å². The molecule has 15 heavy (non-hydrogen) atoms. The Balaban J connectivity index is 0. The van der Waals surface area contributed by atoms with Crippen LogP contribution in [0, 0.1) is 7.43 Å². The molecule has 1 aromatic heterocycles. The molecule has 1 radical (unpaired) electrons. The zero-order chi connectivity index (χ0) is 9.68. The molecule has 0 saturated heterocycles. The molecule has 0 aliphatic rings. The van der Waals surface area contributed by atoms with E-state index < -0.39 is 0 Å². The van der Waals surface area contributed by atoms with E-state index in [-0.39, 0.29) is 40.1 Å². The second-order valence-corrected chi connectivity index (χ2v) is 2.35. The second kappa shape index (κ2) is 8.87. The van der Waals surface area contributed by atoms with Crippen molar-refractivity contribution >= 4 is 17.0 Å². The molecule has 0 aliphatic carbocycles. The third kappa shape index (κ3) is 4.31. The molecule has 0 amide bonds. The Morgan fingerprint density at radius 3 is 2.33 bits per heavy atom. The minimum absolute atomic E-state index is 0. The standard InChI is InChI=1S/C8H9N3.C2H6.CH3.Y/c1-9-8-10-6-4-2-3-5-7(6)11-8;1-2;;/h2-5H,1H3,(H2,9,10,11);1-2H3;1H3;/q;;-1;. The molecule has 0 aliphatic heterocycles. The van der Waals surface area contributed by atoms with Gasteiger partial charge in [0.05, 0.1) is 11.0 Å². The monoisotopic (exact) mass is 281 g/mol. The molecule has 4 heteroatoms. The van der Waals surface area contributed by atoms with Gasteiger partial charge in [-0.25, -0.2) is 4.98 Å². The predicted octanol–water partition coefficient (Wildman–Crippen LogP) is 3.08. The molecule has 0 saturated carbocycles. The van der Waals surface area contributed by atoms with Crippen molar-refractivity contribution in [2.24, 2.45) is 0 Å². The van der Waals surface area contributed by atoms with Crippen LogP contribution in [-0.4, -0.2) is 17.0 Å². The zero-order valence-electron chi connectivity index (χ0n) is 9.83. The average molecular weight is 281 g/mol. The maximum Gasteiger partial charge on any atom is 0.200 e. The summed E-state index contributed by atoms with van der Waals surface area (Å²) in [6.07, 6.45) is 0. The van der Waals surface area contributed by atoms with Crippen LogP contribution in [0.4, 0.5) is 5.95 Å². The molecule has 3 nitrogen and oxygen atoms in total. The van der Waals surface area contributed by atoms with E-state index in [1.807, 2.05) is 45.2 Å². The van der Waals surface area contributed by atoms with Crippen molar-refractivity contribution in [3.8, 4) is 0 Å². The number of imidazole rings is 1. The molecular weight excluding hydrogens is 263 g/mol. The molecule has 81 valence electrons. The van der Waals surface area contributed by atoms with E-state index in [2.05, 4.69) is 15.3 Å². The molecule has 2 aromatic rings. The van der Waals surface area contributed by atoms with E-state index in [1.165, 1.54) is 0 Å². The molecule has 2 N–H and O–H groups in total. The Morgan fingerprint density at radius 1 is 1.20 bits per heavy atom. The van der Waals surface area contributed by atoms with Crippen LogP contribution < -0.4 is 5.32 Å². The first kappa shape index (κ1) is 17.0. The van der Waals surface area contributed by atoms with Gasteiger partial charge in [0.15, 0.2) is 0 Å². The Kier molecular flexibility index (Phi) is 10.1. The van der Waals surface area contributed by atoms with Gasteiger partial charge in [-0.05, 0) is 12.1 Å². The topological polar surface area (TPSA) is 40.7 Å². The summed E-state index contributed by atoms with van der Waals surface area (Å²) in [4.78, 5) is 7.39. The summed E-state index contributed by atoms with van der Waals surface area (Å²) >= 11 is 0. The number of nitrogens with zero attached hydrogens (tertiary/aromatic N) is 1. The number of fused-ring (bicyclic) bond motifs is 1. The average Bonchev–Trinajstić information content (AvgIpc) is 2.63. The van der Waals surface area contributed by atoms with Crippen molar-refractivity contribution in [2.75, 3.05) is 12.4 Å². The number of aromatic amines is 1. The summed E-state index contributed by atoms with van der Waals surface area (Å²) in [5.41, 5.74) is 2.06. The van der Waals surface area contributed by atoms with Gasteiger partial charge in [0.2, 0.25) is 5.95 Å². The van der Waals surface area contributed by atoms with Crippen molar-refractivity contribution < 1.29 is 32.7 Å². The number of para-hydroxylation sites is 2. The van der Waals surface area contributed by atoms with E-state index in [0.717, 1.165) is 17.0 Å². The molecule has 0 bridgehead atoms. The molecule has 2 rings (SSSR count). The van der Waals surface area contributed by atoms with Gasteiger partial charge in [0, 0.05) is 39.8 Å². The fraction of sp³-hybridized carbons (Fsp3) is 0.273. The number of hydrogen-bond donors (Lipinski definition) is 2. The SMILES string of the molecule is CC.CNc1nc2ccccc2[nH]1.[CH3-].[Y]. The van der Waals surface area contributed by atoms with Gasteiger partial charge in [-0.2, -0.15) is 0 Å². The summed E-state index contributed by atoms with van der Waals surface area (Å²) < 4.78 is 0. The summed E-state index contributed by atoms with van der Waals surface area (Å²) in [6, 6.07) is 7.94. The fourth-order valence-corrected chi connectivity index (χ4v) is 1.07. The van der Waals surface area contributed by atoms with E-state index >= 15 is 0 Å². The van der Waals surface area contributed by atoms with Crippen LogP contribution >= 0.6 is 0 Å². The first-order chi connectivity index (χ1) is 6.40. The molecule has 1 heterocycles. The number of hydrogen-bond acceptors (Lipinski definition) is 2. The van der Waals surface area contributed by atoms with Gasteiger partial charge < -0.3 is 17.7 Å². The summed E-state index contributed by atoms with van der Waals surface area (Å²) in [5.74, 6) is 0.811. The van der Waals surface area contributed by atoms with Crippen LogP contribution in [0.5, 0.6) is 0 Å². The van der Waals surface area contributed by atoms with E-state index in [0.29, 0.717) is 0 Å². The van der Waals surface area contributed by atoms with Crippen LogP contribution in [0.25, 0.3) is 11.0 Å². The van der Waals surface area contributed by atoms with Gasteiger partial charge in [0.1, 0.15) is 0 Å². The number of H-pyrrole nitrogens is 1. The largest absolute Gasteiger partial charge is 0.359 e. The number of nitrogens with one attached hydrogen (secondary N) is 2. The Morgan fingerprint density at radius 2 is 1.80 bits per heavy atom. The van der Waals surface area contributed by atoms with Gasteiger partial charge in [-0.1, -0.05) is 26.0 Å². The van der Waals surface area contributed by atoms with Crippen molar-refractivity contribution in [1.29, 1.82) is 0 Å². The minimum atomic E-state index is 0. The number of aromatic nitrogens is 2. The molecule has 0 spiro atoms. The number of anilines is 1. The summed E-state index contributed by atoms with van der Waals surface area (Å²) in [6.45, 7) is 4.00. The summed E-state index contributed by atoms with van der Waals surface area (Å²) in [7, 11) is 1.84. The first-order valence-electron chi connectivity index (χ1n) is 4.52. The van der Waals surface area contributed by atoms with E-state index in [4.69, 9.17) is 0 Å². The minimum Gasteiger partial charge on any atom is -0.359 e. The van der Waals surface area contributed by atoms with Gasteiger partial charge in [-0.3, -0.25) is 0 Å². The molecule has 0 unspecified atom stereocenters. The third-order valence-electron chi connectivity index (χ3n) is 1.63. The number of benzene rings is 1. The van der Waals surface area contributed by atoms with Crippen LogP contribution in [0.15, 0.2) is 24.3 Å². The maximum atomic E-state index is 4.26. The zero-order valence-corrected chi connectivity index (χ0v) is 12.7. The molecule has 0 fully saturated rings. The van der Waals surface area contributed by atoms with E-state index in [9.17, 15) is 0 Å². The normalized spacial score (nSPS) is 7.93. The van der Waals surface area contributed by atoms with Crippen molar-refractivity contribution in [3.05, 3.63) is 31.7 Å². The number of rotatable bonds is 1. The Bertz CT molecular complexity index is 338. The van der Waals surface area contributed by atoms with E-state index in [1.54, 1.807) is 0 Å². The molecular formula is C11H18N3Y-. The van der Waals surface area contributed by atoms with Crippen LogP contribution in [0.2, 0.25) is 0 Å².